The van der Waals surface area contributed by atoms with Gasteiger partial charge in [-0.1, -0.05) is 18.2 Å². The molecule has 0 bridgehead atoms. The first-order chi connectivity index (χ1) is 10.7. The molecule has 1 fully saturated rings. The maximum atomic E-state index is 10.8. The molecule has 0 spiro atoms. The lowest BCUT2D eigenvalue weighted by Crippen LogP contribution is -2.52. The number of piperidine rings is 1. The fourth-order valence-electron chi connectivity index (χ4n) is 2.81. The number of aliphatic hydroxyl groups is 1. The van der Waals surface area contributed by atoms with Gasteiger partial charge >= 0.3 is 0 Å². The highest BCUT2D eigenvalue weighted by Crippen LogP contribution is 2.26. The Labute approximate surface area is 130 Å². The molecule has 0 radical (unpaired) electrons. The van der Waals surface area contributed by atoms with Crippen molar-refractivity contribution in [3.8, 4) is 5.75 Å². The molecule has 2 heterocycles. The molecule has 116 valence electrons. The van der Waals surface area contributed by atoms with Gasteiger partial charge in [0.05, 0.1) is 12.7 Å². The average molecular weight is 299 g/mol. The molecular weight excluding hydrogens is 278 g/mol. The van der Waals surface area contributed by atoms with Crippen LogP contribution in [-0.2, 0) is 0 Å². The van der Waals surface area contributed by atoms with Gasteiger partial charge in [0.15, 0.2) is 0 Å². The highest BCUT2D eigenvalue weighted by atomic mass is 16.5. The molecule has 1 aliphatic heterocycles. The van der Waals surface area contributed by atoms with E-state index in [0.717, 1.165) is 36.5 Å². The Morgan fingerprint density at radius 3 is 2.95 bits per heavy atom. The molecule has 0 aliphatic carbocycles. The fourth-order valence-corrected chi connectivity index (χ4v) is 2.81. The van der Waals surface area contributed by atoms with Crippen LogP contribution in [0.15, 0.2) is 42.9 Å². The van der Waals surface area contributed by atoms with E-state index in [4.69, 9.17) is 4.74 Å². The Morgan fingerprint density at radius 1 is 1.32 bits per heavy atom. The Bertz CT molecular complexity index is 620. The van der Waals surface area contributed by atoms with Crippen LogP contribution in [-0.4, -0.2) is 40.4 Å². The number of β-amino-alcohol motifs (C(OH)–C–C–N with tert-alkyl or cyclic N) is 1. The number of ether oxygens (including phenoxy) is 1. The number of hydrogen-bond acceptors (Lipinski definition) is 5. The van der Waals surface area contributed by atoms with E-state index >= 15 is 0 Å². The minimum Gasteiger partial charge on any atom is -0.490 e. The van der Waals surface area contributed by atoms with Gasteiger partial charge in [0.25, 0.3) is 0 Å². The minimum atomic E-state index is -0.863. The van der Waals surface area contributed by atoms with Gasteiger partial charge in [0.1, 0.15) is 23.8 Å². The Morgan fingerprint density at radius 2 is 2.18 bits per heavy atom. The number of para-hydroxylation sites is 1. The van der Waals surface area contributed by atoms with E-state index in [1.165, 1.54) is 0 Å². The van der Waals surface area contributed by atoms with Crippen LogP contribution < -0.4 is 9.64 Å². The Kier molecular flexibility index (Phi) is 4.24. The zero-order chi connectivity index (χ0) is 15.4. The van der Waals surface area contributed by atoms with Crippen molar-refractivity contribution >= 4 is 5.82 Å². The van der Waals surface area contributed by atoms with Crippen LogP contribution in [0.1, 0.15) is 18.4 Å². The molecule has 1 aliphatic rings. The van der Waals surface area contributed by atoms with Gasteiger partial charge in [-0.25, -0.2) is 4.98 Å². The SMILES string of the molecule is Cc1ccccc1OC[C@@]1(O)CCCN(c2cnccn2)C1. The van der Waals surface area contributed by atoms with Gasteiger partial charge in [-0.3, -0.25) is 4.98 Å². The van der Waals surface area contributed by atoms with E-state index in [9.17, 15) is 5.11 Å². The second-order valence-electron chi connectivity index (χ2n) is 5.87. The normalized spacial score (nSPS) is 21.6. The highest BCUT2D eigenvalue weighted by molar-refractivity contribution is 5.37. The van der Waals surface area contributed by atoms with Crippen LogP contribution in [0, 0.1) is 6.92 Å². The largest absolute Gasteiger partial charge is 0.490 e. The van der Waals surface area contributed by atoms with Crippen molar-refractivity contribution in [2.75, 3.05) is 24.6 Å². The molecule has 0 saturated carbocycles. The minimum absolute atomic E-state index is 0.286. The summed E-state index contributed by atoms with van der Waals surface area (Å²) in [6.45, 7) is 3.68. The van der Waals surface area contributed by atoms with Gasteiger partial charge in [0, 0.05) is 18.9 Å². The summed E-state index contributed by atoms with van der Waals surface area (Å²) in [6.07, 6.45) is 6.70. The van der Waals surface area contributed by atoms with Gasteiger partial charge in [-0.05, 0) is 31.4 Å². The van der Waals surface area contributed by atoms with Crippen molar-refractivity contribution in [2.24, 2.45) is 0 Å². The molecule has 5 nitrogen and oxygen atoms in total. The summed E-state index contributed by atoms with van der Waals surface area (Å²) in [5, 5.41) is 10.8. The molecule has 5 heteroatoms. The van der Waals surface area contributed by atoms with Crippen molar-refractivity contribution < 1.29 is 9.84 Å². The van der Waals surface area contributed by atoms with Crippen LogP contribution in [0.3, 0.4) is 0 Å². The number of benzene rings is 1. The molecule has 2 aromatic rings. The molecule has 3 rings (SSSR count). The third kappa shape index (κ3) is 3.36. The topological polar surface area (TPSA) is 58.5 Å². The summed E-state index contributed by atoms with van der Waals surface area (Å²) in [4.78, 5) is 10.5. The van der Waals surface area contributed by atoms with Crippen molar-refractivity contribution in [1.82, 2.24) is 9.97 Å². The molecule has 0 amide bonds. The molecule has 0 unspecified atom stereocenters. The predicted octanol–water partition coefficient (Wildman–Crippen LogP) is 2.20. The van der Waals surface area contributed by atoms with Crippen LogP contribution in [0.4, 0.5) is 5.82 Å². The van der Waals surface area contributed by atoms with Gasteiger partial charge in [-0.15, -0.1) is 0 Å². The highest BCUT2D eigenvalue weighted by Gasteiger charge is 2.34. The zero-order valence-corrected chi connectivity index (χ0v) is 12.8. The molecular formula is C17H21N3O2. The molecule has 1 N–H and O–H groups in total. The number of hydrogen-bond donors (Lipinski definition) is 1. The quantitative estimate of drug-likeness (QED) is 0.938. The second-order valence-corrected chi connectivity index (χ2v) is 5.87. The predicted molar refractivity (Wildman–Crippen MR) is 85.1 cm³/mol. The van der Waals surface area contributed by atoms with Gasteiger partial charge in [0.2, 0.25) is 0 Å². The maximum absolute atomic E-state index is 10.8. The van der Waals surface area contributed by atoms with Crippen molar-refractivity contribution in [3.05, 3.63) is 48.4 Å². The second kappa shape index (κ2) is 6.32. The lowest BCUT2D eigenvalue weighted by atomic mass is 9.93. The zero-order valence-electron chi connectivity index (χ0n) is 12.8. The first kappa shape index (κ1) is 14.8. The number of aryl methyl sites for hydroxylation is 1. The number of nitrogens with zero attached hydrogens (tertiary/aromatic N) is 3. The molecule has 1 atom stereocenters. The Hall–Kier alpha value is -2.14. The lowest BCUT2D eigenvalue weighted by Gasteiger charge is -2.39. The monoisotopic (exact) mass is 299 g/mol. The molecule has 1 aromatic carbocycles. The first-order valence-electron chi connectivity index (χ1n) is 7.58. The van der Waals surface area contributed by atoms with Crippen LogP contribution in [0.5, 0.6) is 5.75 Å². The van der Waals surface area contributed by atoms with E-state index in [0.29, 0.717) is 6.54 Å². The summed E-state index contributed by atoms with van der Waals surface area (Å²) < 4.78 is 5.85. The summed E-state index contributed by atoms with van der Waals surface area (Å²) in [6, 6.07) is 7.86. The summed E-state index contributed by atoms with van der Waals surface area (Å²) in [7, 11) is 0. The van der Waals surface area contributed by atoms with Gasteiger partial charge < -0.3 is 14.7 Å². The van der Waals surface area contributed by atoms with Crippen LogP contribution >= 0.6 is 0 Å². The van der Waals surface area contributed by atoms with Crippen molar-refractivity contribution in [1.29, 1.82) is 0 Å². The lowest BCUT2D eigenvalue weighted by molar-refractivity contribution is -0.0158. The maximum Gasteiger partial charge on any atom is 0.147 e. The smallest absolute Gasteiger partial charge is 0.147 e. The van der Waals surface area contributed by atoms with Crippen molar-refractivity contribution in [3.63, 3.8) is 0 Å². The van der Waals surface area contributed by atoms with E-state index < -0.39 is 5.60 Å². The summed E-state index contributed by atoms with van der Waals surface area (Å²) in [5.41, 5.74) is 0.214. The number of aromatic nitrogens is 2. The number of rotatable bonds is 4. The average Bonchev–Trinajstić information content (AvgIpc) is 2.55. The van der Waals surface area contributed by atoms with E-state index in [2.05, 4.69) is 14.9 Å². The summed E-state index contributed by atoms with van der Waals surface area (Å²) >= 11 is 0. The van der Waals surface area contributed by atoms with Crippen LogP contribution in [0.2, 0.25) is 0 Å². The molecule has 1 saturated heterocycles. The van der Waals surface area contributed by atoms with E-state index in [1.807, 2.05) is 31.2 Å². The Balaban J connectivity index is 1.66. The van der Waals surface area contributed by atoms with Crippen LogP contribution in [0.25, 0.3) is 0 Å². The third-order valence-electron chi connectivity index (χ3n) is 4.02. The standard InChI is InChI=1S/C17H21N3O2/c1-14-5-2-3-6-15(14)22-13-17(21)7-4-10-20(12-17)16-11-18-8-9-19-16/h2-3,5-6,8-9,11,21H,4,7,10,12-13H2,1H3/t17-/m1/s1. The molecule has 1 aromatic heterocycles. The first-order valence-corrected chi connectivity index (χ1v) is 7.58. The van der Waals surface area contributed by atoms with E-state index in [1.54, 1.807) is 18.6 Å². The number of anilines is 1. The van der Waals surface area contributed by atoms with Gasteiger partial charge in [-0.2, -0.15) is 0 Å². The third-order valence-corrected chi connectivity index (χ3v) is 4.02. The fraction of sp³-hybridized carbons (Fsp3) is 0.412. The summed E-state index contributed by atoms with van der Waals surface area (Å²) in [5.74, 6) is 1.63. The van der Waals surface area contributed by atoms with Crippen molar-refractivity contribution in [2.45, 2.75) is 25.4 Å². The molecule has 22 heavy (non-hydrogen) atoms. The van der Waals surface area contributed by atoms with E-state index in [-0.39, 0.29) is 6.61 Å².